The zero-order chi connectivity index (χ0) is 16.4. The molecule has 0 amide bonds. The number of ketones is 1. The molecule has 0 saturated carbocycles. The number of carbonyl (C=O) groups excluding carboxylic acids is 1. The molecule has 118 valence electrons. The highest BCUT2D eigenvalue weighted by molar-refractivity contribution is 6.14. The lowest BCUT2D eigenvalue weighted by atomic mass is 9.98. The van der Waals surface area contributed by atoms with Crippen molar-refractivity contribution in [2.75, 3.05) is 20.8 Å². The Labute approximate surface area is 133 Å². The van der Waals surface area contributed by atoms with Crippen LogP contribution in [0.5, 0.6) is 23.0 Å². The van der Waals surface area contributed by atoms with Gasteiger partial charge in [0.1, 0.15) is 18.1 Å². The van der Waals surface area contributed by atoms with E-state index in [9.17, 15) is 9.90 Å². The number of benzene rings is 2. The van der Waals surface area contributed by atoms with Gasteiger partial charge in [0, 0.05) is 5.57 Å². The number of Topliss-reactive ketones (excluding diaryl/α,β-unsaturated/α-hetero) is 1. The number of methoxy groups -OCH3 is 2. The number of hydrogen-bond acceptors (Lipinski definition) is 5. The largest absolute Gasteiger partial charge is 0.504 e. The molecule has 0 aromatic heterocycles. The number of fused-ring (bicyclic) bond motifs is 1. The topological polar surface area (TPSA) is 65.0 Å². The first-order valence-corrected chi connectivity index (χ1v) is 7.05. The molecule has 1 aliphatic rings. The number of aromatic hydroxyl groups is 1. The SMILES string of the molecule is COc1ccc2c(c1)C(=O)/C(=C/c1ccc(O)c(OC)c1)CO2. The molecule has 0 saturated heterocycles. The Morgan fingerprint density at radius 3 is 2.70 bits per heavy atom. The first-order valence-electron chi connectivity index (χ1n) is 7.05. The van der Waals surface area contributed by atoms with Crippen LogP contribution in [0, 0.1) is 0 Å². The normalized spacial score (nSPS) is 15.0. The summed E-state index contributed by atoms with van der Waals surface area (Å²) in [7, 11) is 3.03. The van der Waals surface area contributed by atoms with Gasteiger partial charge in [-0.05, 0) is 42.0 Å². The van der Waals surface area contributed by atoms with E-state index >= 15 is 0 Å². The van der Waals surface area contributed by atoms with E-state index in [0.717, 1.165) is 5.56 Å². The lowest BCUT2D eigenvalue weighted by molar-refractivity contribution is 0.100. The molecule has 0 fully saturated rings. The number of ether oxygens (including phenoxy) is 3. The summed E-state index contributed by atoms with van der Waals surface area (Å²) in [5, 5.41) is 9.63. The predicted octanol–water partition coefficient (Wildman–Crippen LogP) is 3.07. The van der Waals surface area contributed by atoms with Crippen molar-refractivity contribution in [3.05, 3.63) is 53.1 Å². The molecule has 0 spiro atoms. The molecule has 1 heterocycles. The fourth-order valence-corrected chi connectivity index (χ4v) is 2.43. The highest BCUT2D eigenvalue weighted by Crippen LogP contribution is 2.32. The molecule has 0 atom stereocenters. The summed E-state index contributed by atoms with van der Waals surface area (Å²) in [6, 6.07) is 10.0. The van der Waals surface area contributed by atoms with Crippen LogP contribution in [-0.4, -0.2) is 31.7 Å². The van der Waals surface area contributed by atoms with Gasteiger partial charge in [-0.1, -0.05) is 6.07 Å². The molecule has 5 heteroatoms. The van der Waals surface area contributed by atoms with Crippen LogP contribution in [0.4, 0.5) is 0 Å². The van der Waals surface area contributed by atoms with Crippen LogP contribution >= 0.6 is 0 Å². The van der Waals surface area contributed by atoms with E-state index in [-0.39, 0.29) is 18.1 Å². The van der Waals surface area contributed by atoms with Gasteiger partial charge in [0.2, 0.25) is 0 Å². The van der Waals surface area contributed by atoms with Gasteiger partial charge < -0.3 is 19.3 Å². The molecule has 1 N–H and O–H groups in total. The van der Waals surface area contributed by atoms with Gasteiger partial charge in [0.25, 0.3) is 0 Å². The van der Waals surface area contributed by atoms with Crippen LogP contribution in [0.15, 0.2) is 42.0 Å². The highest BCUT2D eigenvalue weighted by Gasteiger charge is 2.24. The van der Waals surface area contributed by atoms with Crippen molar-refractivity contribution in [2.24, 2.45) is 0 Å². The minimum absolute atomic E-state index is 0.0518. The summed E-state index contributed by atoms with van der Waals surface area (Å²) in [4.78, 5) is 12.6. The van der Waals surface area contributed by atoms with E-state index in [4.69, 9.17) is 14.2 Å². The van der Waals surface area contributed by atoms with Crippen molar-refractivity contribution >= 4 is 11.9 Å². The van der Waals surface area contributed by atoms with E-state index < -0.39 is 0 Å². The lowest BCUT2D eigenvalue weighted by Crippen LogP contribution is -2.19. The van der Waals surface area contributed by atoms with Gasteiger partial charge in [-0.3, -0.25) is 4.79 Å². The Bertz CT molecular complexity index is 792. The Hall–Kier alpha value is -2.95. The van der Waals surface area contributed by atoms with E-state index in [1.165, 1.54) is 13.2 Å². The van der Waals surface area contributed by atoms with Crippen molar-refractivity contribution in [2.45, 2.75) is 0 Å². The Balaban J connectivity index is 1.96. The highest BCUT2D eigenvalue weighted by atomic mass is 16.5. The second-order valence-corrected chi connectivity index (χ2v) is 5.08. The third kappa shape index (κ3) is 2.85. The summed E-state index contributed by atoms with van der Waals surface area (Å²) in [6.07, 6.45) is 1.73. The van der Waals surface area contributed by atoms with Crippen molar-refractivity contribution in [1.29, 1.82) is 0 Å². The molecular weight excluding hydrogens is 296 g/mol. The van der Waals surface area contributed by atoms with E-state index in [1.54, 1.807) is 43.5 Å². The predicted molar refractivity (Wildman–Crippen MR) is 85.5 cm³/mol. The number of phenols is 1. The third-order valence-corrected chi connectivity index (χ3v) is 3.65. The molecule has 0 aliphatic carbocycles. The molecule has 0 unspecified atom stereocenters. The fourth-order valence-electron chi connectivity index (χ4n) is 2.43. The van der Waals surface area contributed by atoms with Crippen molar-refractivity contribution in [3.8, 4) is 23.0 Å². The monoisotopic (exact) mass is 312 g/mol. The van der Waals surface area contributed by atoms with Gasteiger partial charge in [-0.25, -0.2) is 0 Å². The van der Waals surface area contributed by atoms with Crippen LogP contribution in [0.2, 0.25) is 0 Å². The molecule has 1 aliphatic heterocycles. The average molecular weight is 312 g/mol. The summed E-state index contributed by atoms with van der Waals surface area (Å²) >= 11 is 0. The van der Waals surface area contributed by atoms with Gasteiger partial charge >= 0.3 is 0 Å². The number of hydrogen-bond donors (Lipinski definition) is 1. The fraction of sp³-hybridized carbons (Fsp3) is 0.167. The Kier molecular flexibility index (Phi) is 3.93. The van der Waals surface area contributed by atoms with E-state index in [1.807, 2.05) is 0 Å². The molecule has 5 nitrogen and oxygen atoms in total. The standard InChI is InChI=1S/C18H16O5/c1-21-13-4-6-16-14(9-13)18(20)12(10-23-16)7-11-3-5-15(19)17(8-11)22-2/h3-9,19H,10H2,1-2H3/b12-7+. The minimum atomic E-state index is -0.0998. The quantitative estimate of drug-likeness (QED) is 0.882. The number of rotatable bonds is 3. The van der Waals surface area contributed by atoms with Gasteiger partial charge in [-0.2, -0.15) is 0 Å². The molecule has 0 bridgehead atoms. The number of carbonyl (C=O) groups is 1. The lowest BCUT2D eigenvalue weighted by Gasteiger charge is -2.19. The zero-order valence-corrected chi connectivity index (χ0v) is 12.8. The number of phenolic OH excluding ortho intramolecular Hbond substituents is 1. The molecule has 2 aromatic carbocycles. The van der Waals surface area contributed by atoms with Gasteiger partial charge in [-0.15, -0.1) is 0 Å². The van der Waals surface area contributed by atoms with Crippen LogP contribution in [0.25, 0.3) is 6.08 Å². The van der Waals surface area contributed by atoms with Crippen LogP contribution in [-0.2, 0) is 0 Å². The van der Waals surface area contributed by atoms with Crippen LogP contribution in [0.1, 0.15) is 15.9 Å². The van der Waals surface area contributed by atoms with Gasteiger partial charge in [0.15, 0.2) is 17.3 Å². The summed E-state index contributed by atoms with van der Waals surface area (Å²) in [6.45, 7) is 0.196. The Morgan fingerprint density at radius 2 is 1.96 bits per heavy atom. The van der Waals surface area contributed by atoms with E-state index in [2.05, 4.69) is 0 Å². The maximum absolute atomic E-state index is 12.6. The molecule has 23 heavy (non-hydrogen) atoms. The van der Waals surface area contributed by atoms with Crippen LogP contribution in [0.3, 0.4) is 0 Å². The summed E-state index contributed by atoms with van der Waals surface area (Å²) in [5.41, 5.74) is 1.75. The molecule has 0 radical (unpaired) electrons. The zero-order valence-electron chi connectivity index (χ0n) is 12.8. The first-order chi connectivity index (χ1) is 11.1. The van der Waals surface area contributed by atoms with Crippen molar-refractivity contribution in [1.82, 2.24) is 0 Å². The van der Waals surface area contributed by atoms with E-state index in [0.29, 0.717) is 28.4 Å². The summed E-state index contributed by atoms with van der Waals surface area (Å²) < 4.78 is 15.9. The van der Waals surface area contributed by atoms with Crippen molar-refractivity contribution in [3.63, 3.8) is 0 Å². The maximum atomic E-state index is 12.6. The second kappa shape index (κ2) is 6.04. The Morgan fingerprint density at radius 1 is 1.13 bits per heavy atom. The maximum Gasteiger partial charge on any atom is 0.196 e. The van der Waals surface area contributed by atoms with Crippen molar-refractivity contribution < 1.29 is 24.1 Å². The average Bonchev–Trinajstić information content (AvgIpc) is 2.58. The summed E-state index contributed by atoms with van der Waals surface area (Å²) in [5.74, 6) is 1.46. The smallest absolute Gasteiger partial charge is 0.196 e. The molecule has 3 rings (SSSR count). The third-order valence-electron chi connectivity index (χ3n) is 3.65. The second-order valence-electron chi connectivity index (χ2n) is 5.08. The minimum Gasteiger partial charge on any atom is -0.504 e. The first kappa shape index (κ1) is 15.0. The molecular formula is C18H16O5. The van der Waals surface area contributed by atoms with Gasteiger partial charge in [0.05, 0.1) is 19.8 Å². The molecule has 2 aromatic rings. The van der Waals surface area contributed by atoms with Crippen LogP contribution < -0.4 is 14.2 Å².